The fourth-order valence-corrected chi connectivity index (χ4v) is 1.81. The van der Waals surface area contributed by atoms with E-state index in [-0.39, 0.29) is 18.5 Å². The molecule has 0 spiro atoms. The van der Waals surface area contributed by atoms with Crippen molar-refractivity contribution in [3.8, 4) is 0 Å². The van der Waals surface area contributed by atoms with Gasteiger partial charge in [-0.15, -0.1) is 0 Å². The highest BCUT2D eigenvalue weighted by Gasteiger charge is 2.20. The van der Waals surface area contributed by atoms with Crippen molar-refractivity contribution in [2.45, 2.75) is 25.8 Å². The highest BCUT2D eigenvalue weighted by atomic mass is 16.4. The maximum Gasteiger partial charge on any atom is 0.418 e. The minimum Gasteiger partial charge on any atom is -0.481 e. The van der Waals surface area contributed by atoms with Crippen molar-refractivity contribution < 1.29 is 24.6 Å². The Balaban J connectivity index is 2.94. The molecule has 8 heteroatoms. The summed E-state index contributed by atoms with van der Waals surface area (Å²) in [6.45, 7) is 1.12. The Hall–Kier alpha value is -2.77. The number of nitroso groups, excluding NO2 is 1. The van der Waals surface area contributed by atoms with Gasteiger partial charge in [0.1, 0.15) is 6.04 Å². The number of carboxylic acid groups (broad SMARTS) is 2. The van der Waals surface area contributed by atoms with Gasteiger partial charge in [0.25, 0.3) is 0 Å². The molecule has 0 saturated heterocycles. The molecular weight excluding hydrogens is 280 g/mol. The van der Waals surface area contributed by atoms with E-state index in [1.807, 2.05) is 0 Å². The molecule has 0 saturated carbocycles. The van der Waals surface area contributed by atoms with Gasteiger partial charge in [-0.25, -0.2) is 9.69 Å². The number of amides is 2. The Labute approximate surface area is 120 Å². The third kappa shape index (κ3) is 4.37. The molecule has 0 fully saturated rings. The molecule has 1 aromatic rings. The first-order valence-corrected chi connectivity index (χ1v) is 6.04. The molecule has 2 N–H and O–H groups in total. The van der Waals surface area contributed by atoms with E-state index in [0.717, 1.165) is 6.92 Å². The Kier molecular flexibility index (Phi) is 5.53. The molecule has 0 aromatic heterocycles. The average molecular weight is 294 g/mol. The summed E-state index contributed by atoms with van der Waals surface area (Å²) < 4.78 is 0. The van der Waals surface area contributed by atoms with Crippen molar-refractivity contribution >= 4 is 23.7 Å². The zero-order valence-electron chi connectivity index (χ0n) is 11.2. The van der Waals surface area contributed by atoms with Crippen LogP contribution < -0.4 is 4.90 Å². The van der Waals surface area contributed by atoms with E-state index < -0.39 is 24.0 Å². The first kappa shape index (κ1) is 16.3. The first-order chi connectivity index (χ1) is 9.86. The van der Waals surface area contributed by atoms with Crippen LogP contribution in [-0.2, 0) is 9.59 Å². The quantitative estimate of drug-likeness (QED) is 0.776. The molecule has 0 aliphatic rings. The SMILES string of the molecule is CC(=O)N(C(=O)O)c1ccc(C(CCC(=O)O)N=O)cc1. The van der Waals surface area contributed by atoms with Crippen molar-refractivity contribution in [2.24, 2.45) is 5.18 Å². The smallest absolute Gasteiger partial charge is 0.418 e. The summed E-state index contributed by atoms with van der Waals surface area (Å²) in [7, 11) is 0. The van der Waals surface area contributed by atoms with E-state index in [2.05, 4.69) is 5.18 Å². The summed E-state index contributed by atoms with van der Waals surface area (Å²) in [6, 6.07) is 4.79. The summed E-state index contributed by atoms with van der Waals surface area (Å²) >= 11 is 0. The van der Waals surface area contributed by atoms with Crippen LogP contribution in [0.4, 0.5) is 10.5 Å². The fourth-order valence-electron chi connectivity index (χ4n) is 1.81. The van der Waals surface area contributed by atoms with Crippen LogP contribution >= 0.6 is 0 Å². The second-order valence-corrected chi connectivity index (χ2v) is 4.28. The van der Waals surface area contributed by atoms with E-state index in [1.54, 1.807) is 0 Å². The maximum absolute atomic E-state index is 11.2. The highest BCUT2D eigenvalue weighted by Crippen LogP contribution is 2.25. The van der Waals surface area contributed by atoms with E-state index in [9.17, 15) is 19.3 Å². The molecule has 8 nitrogen and oxygen atoms in total. The second kappa shape index (κ2) is 7.13. The van der Waals surface area contributed by atoms with Crippen LogP contribution in [0.25, 0.3) is 0 Å². The summed E-state index contributed by atoms with van der Waals surface area (Å²) in [4.78, 5) is 44.0. The molecule has 2 amide bonds. The van der Waals surface area contributed by atoms with Gasteiger partial charge in [-0.2, -0.15) is 4.91 Å². The van der Waals surface area contributed by atoms with Gasteiger partial charge < -0.3 is 10.2 Å². The van der Waals surface area contributed by atoms with Crippen LogP contribution in [0.5, 0.6) is 0 Å². The van der Waals surface area contributed by atoms with Gasteiger partial charge in [0, 0.05) is 13.3 Å². The maximum atomic E-state index is 11.2. The predicted molar refractivity (Wildman–Crippen MR) is 73.0 cm³/mol. The number of carbonyl (C=O) groups excluding carboxylic acids is 1. The summed E-state index contributed by atoms with van der Waals surface area (Å²) in [5, 5.41) is 20.4. The van der Waals surface area contributed by atoms with Crippen LogP contribution in [0.15, 0.2) is 29.4 Å². The highest BCUT2D eigenvalue weighted by molar-refractivity contribution is 6.10. The van der Waals surface area contributed by atoms with E-state index in [0.29, 0.717) is 10.5 Å². The van der Waals surface area contributed by atoms with Crippen LogP contribution in [-0.4, -0.2) is 28.2 Å². The van der Waals surface area contributed by atoms with E-state index in [4.69, 9.17) is 10.2 Å². The predicted octanol–water partition coefficient (Wildman–Crippen LogP) is 2.39. The molecule has 0 bridgehead atoms. The number of benzene rings is 1. The van der Waals surface area contributed by atoms with Gasteiger partial charge >= 0.3 is 12.1 Å². The zero-order chi connectivity index (χ0) is 16.0. The van der Waals surface area contributed by atoms with Crippen molar-refractivity contribution in [3.05, 3.63) is 34.7 Å². The van der Waals surface area contributed by atoms with Gasteiger partial charge in [-0.1, -0.05) is 17.3 Å². The lowest BCUT2D eigenvalue weighted by atomic mass is 10.0. The van der Waals surface area contributed by atoms with Crippen molar-refractivity contribution in [2.75, 3.05) is 4.90 Å². The van der Waals surface area contributed by atoms with Gasteiger partial charge in [0.05, 0.1) is 5.69 Å². The molecule has 1 rings (SSSR count). The zero-order valence-corrected chi connectivity index (χ0v) is 11.2. The Morgan fingerprint density at radius 1 is 1.19 bits per heavy atom. The second-order valence-electron chi connectivity index (χ2n) is 4.28. The lowest BCUT2D eigenvalue weighted by Gasteiger charge is -2.16. The van der Waals surface area contributed by atoms with Gasteiger partial charge in [0.2, 0.25) is 5.91 Å². The van der Waals surface area contributed by atoms with Crippen molar-refractivity contribution in [3.63, 3.8) is 0 Å². The number of anilines is 1. The van der Waals surface area contributed by atoms with E-state index >= 15 is 0 Å². The van der Waals surface area contributed by atoms with Crippen LogP contribution in [0.3, 0.4) is 0 Å². The van der Waals surface area contributed by atoms with Crippen molar-refractivity contribution in [1.29, 1.82) is 0 Å². The third-order valence-electron chi connectivity index (χ3n) is 2.80. The standard InChI is InChI=1S/C13H14N2O6/c1-8(16)15(13(19)20)10-4-2-9(3-5-10)11(14-21)6-7-12(17)18/h2-5,11H,6-7H2,1H3,(H,17,18)(H,19,20). The van der Waals surface area contributed by atoms with Crippen LogP contribution in [0, 0.1) is 4.91 Å². The molecule has 112 valence electrons. The largest absolute Gasteiger partial charge is 0.481 e. The number of hydrogen-bond acceptors (Lipinski definition) is 5. The molecule has 21 heavy (non-hydrogen) atoms. The lowest BCUT2D eigenvalue weighted by Crippen LogP contribution is -2.33. The van der Waals surface area contributed by atoms with Crippen LogP contribution in [0.2, 0.25) is 0 Å². The molecule has 0 aliphatic carbocycles. The van der Waals surface area contributed by atoms with Crippen LogP contribution in [0.1, 0.15) is 31.4 Å². The monoisotopic (exact) mass is 294 g/mol. The molecule has 0 radical (unpaired) electrons. The summed E-state index contributed by atoms with van der Waals surface area (Å²) in [5.74, 6) is -1.69. The Morgan fingerprint density at radius 2 is 1.76 bits per heavy atom. The molecule has 0 heterocycles. The molecule has 1 atom stereocenters. The minimum absolute atomic E-state index is 0.0491. The molecule has 1 unspecified atom stereocenters. The topological polar surface area (TPSA) is 124 Å². The number of hydrogen-bond donors (Lipinski definition) is 2. The number of nitrogens with zero attached hydrogens (tertiary/aromatic N) is 2. The number of carbonyl (C=O) groups is 3. The number of aliphatic carboxylic acids is 1. The van der Waals surface area contributed by atoms with Gasteiger partial charge in [0.15, 0.2) is 0 Å². The van der Waals surface area contributed by atoms with E-state index in [1.165, 1.54) is 24.3 Å². The fraction of sp³-hybridized carbons (Fsp3) is 0.308. The number of carboxylic acids is 1. The van der Waals surface area contributed by atoms with Gasteiger partial charge in [-0.05, 0) is 24.1 Å². The molecule has 1 aromatic carbocycles. The normalized spacial score (nSPS) is 11.5. The Morgan fingerprint density at radius 3 is 2.14 bits per heavy atom. The Bertz CT molecular complexity index is 540. The minimum atomic E-state index is -1.41. The van der Waals surface area contributed by atoms with Gasteiger partial charge in [-0.3, -0.25) is 9.59 Å². The summed E-state index contributed by atoms with van der Waals surface area (Å²) in [6.07, 6.45) is -1.56. The average Bonchev–Trinajstić information content (AvgIpc) is 2.40. The number of imide groups is 1. The third-order valence-corrected chi connectivity index (χ3v) is 2.80. The first-order valence-electron chi connectivity index (χ1n) is 6.04. The van der Waals surface area contributed by atoms with Crippen molar-refractivity contribution in [1.82, 2.24) is 0 Å². The molecule has 0 aliphatic heterocycles. The summed E-state index contributed by atoms with van der Waals surface area (Å²) in [5.41, 5.74) is 0.602. The molecular formula is C13H14N2O6. The lowest BCUT2D eigenvalue weighted by molar-refractivity contribution is -0.137. The number of rotatable bonds is 6.